The fraction of sp³-hybridized carbons (Fsp3) is 0.952. The van der Waals surface area contributed by atoms with Gasteiger partial charge < -0.3 is 10.1 Å². The summed E-state index contributed by atoms with van der Waals surface area (Å²) in [4.78, 5) is 11.8. The lowest BCUT2D eigenvalue weighted by molar-refractivity contribution is -0.121. The highest BCUT2D eigenvalue weighted by atomic mass is 16.5. The van der Waals surface area contributed by atoms with Crippen molar-refractivity contribution in [2.45, 2.75) is 97.0 Å². The van der Waals surface area contributed by atoms with Gasteiger partial charge in [0.15, 0.2) is 0 Å². The van der Waals surface area contributed by atoms with E-state index in [0.29, 0.717) is 12.5 Å². The molecule has 0 aromatic carbocycles. The third-order valence-electron chi connectivity index (χ3n) is 6.15. The molecular formula is C21H39NO2. The Kier molecular flexibility index (Phi) is 9.15. The summed E-state index contributed by atoms with van der Waals surface area (Å²) in [5, 5.41) is 3.05. The summed E-state index contributed by atoms with van der Waals surface area (Å²) in [6, 6.07) is 0. The van der Waals surface area contributed by atoms with Gasteiger partial charge in [-0.3, -0.25) is 4.79 Å². The van der Waals surface area contributed by atoms with Gasteiger partial charge in [-0.25, -0.2) is 0 Å². The number of unbranched alkanes of at least 4 members (excludes halogenated alkanes) is 5. The minimum absolute atomic E-state index is 0.217. The Hall–Kier alpha value is -0.570. The molecule has 4 unspecified atom stereocenters. The van der Waals surface area contributed by atoms with E-state index in [1.165, 1.54) is 51.4 Å². The van der Waals surface area contributed by atoms with Crippen LogP contribution in [0.15, 0.2) is 0 Å². The van der Waals surface area contributed by atoms with E-state index >= 15 is 0 Å². The van der Waals surface area contributed by atoms with E-state index in [0.717, 1.165) is 50.2 Å². The molecule has 0 saturated heterocycles. The number of amides is 1. The predicted octanol–water partition coefficient (Wildman–Crippen LogP) is 5.08. The van der Waals surface area contributed by atoms with Crippen LogP contribution in [-0.4, -0.2) is 25.2 Å². The lowest BCUT2D eigenvalue weighted by atomic mass is 9.62. The summed E-state index contributed by atoms with van der Waals surface area (Å²) in [5.41, 5.74) is 0. The standard InChI is InChI=1S/C21H39NO2/c1-3-4-5-6-8-13-22-21(23)10-7-9-14-24-20-16-19-12-11-18(19)15-17(20)2/h17-20H,3-16H2,1-2H3,(H,22,23). The van der Waals surface area contributed by atoms with Gasteiger partial charge in [-0.2, -0.15) is 0 Å². The number of rotatable bonds is 12. The van der Waals surface area contributed by atoms with E-state index in [2.05, 4.69) is 19.2 Å². The molecule has 0 spiro atoms. The van der Waals surface area contributed by atoms with Gasteiger partial charge in [0, 0.05) is 19.6 Å². The number of fused-ring (bicyclic) bond motifs is 1. The topological polar surface area (TPSA) is 38.3 Å². The van der Waals surface area contributed by atoms with Gasteiger partial charge in [0.2, 0.25) is 5.91 Å². The normalized spacial score (nSPS) is 28.9. The monoisotopic (exact) mass is 337 g/mol. The fourth-order valence-corrected chi connectivity index (χ4v) is 4.32. The molecule has 3 nitrogen and oxygen atoms in total. The first-order valence-electron chi connectivity index (χ1n) is 10.6. The molecule has 0 heterocycles. The minimum Gasteiger partial charge on any atom is -0.378 e. The maximum Gasteiger partial charge on any atom is 0.219 e. The van der Waals surface area contributed by atoms with Crippen molar-refractivity contribution in [3.8, 4) is 0 Å². The summed E-state index contributed by atoms with van der Waals surface area (Å²) in [6.45, 7) is 6.26. The average Bonchev–Trinajstić information content (AvgIpc) is 2.55. The van der Waals surface area contributed by atoms with Gasteiger partial charge in [-0.1, -0.05) is 39.5 Å². The third-order valence-corrected chi connectivity index (χ3v) is 6.15. The first kappa shape index (κ1) is 19.8. The van der Waals surface area contributed by atoms with Crippen LogP contribution < -0.4 is 5.32 Å². The van der Waals surface area contributed by atoms with E-state index in [4.69, 9.17) is 4.74 Å². The second-order valence-corrected chi connectivity index (χ2v) is 8.18. The molecule has 1 amide bonds. The summed E-state index contributed by atoms with van der Waals surface area (Å²) in [5.74, 6) is 2.90. The van der Waals surface area contributed by atoms with Crippen LogP contribution in [0.25, 0.3) is 0 Å². The molecule has 3 heteroatoms. The fourth-order valence-electron chi connectivity index (χ4n) is 4.32. The molecule has 0 aromatic rings. The lowest BCUT2D eigenvalue weighted by Crippen LogP contribution is -2.41. The summed E-state index contributed by atoms with van der Waals surface area (Å²) < 4.78 is 6.13. The van der Waals surface area contributed by atoms with Crippen molar-refractivity contribution < 1.29 is 9.53 Å². The van der Waals surface area contributed by atoms with Crippen LogP contribution in [0, 0.1) is 17.8 Å². The van der Waals surface area contributed by atoms with Crippen LogP contribution in [0.2, 0.25) is 0 Å². The zero-order valence-electron chi connectivity index (χ0n) is 16.0. The van der Waals surface area contributed by atoms with Gasteiger partial charge in [0.1, 0.15) is 0 Å². The molecule has 2 aliphatic rings. The molecule has 2 rings (SSSR count). The van der Waals surface area contributed by atoms with Crippen molar-refractivity contribution in [1.29, 1.82) is 0 Å². The Bertz CT molecular complexity index is 358. The SMILES string of the molecule is CCCCCCCNC(=O)CCCCOC1CC2CCC2CC1C. The minimum atomic E-state index is 0.217. The molecule has 0 radical (unpaired) electrons. The van der Waals surface area contributed by atoms with Gasteiger partial charge in [0.25, 0.3) is 0 Å². The van der Waals surface area contributed by atoms with Crippen LogP contribution in [0.4, 0.5) is 0 Å². The van der Waals surface area contributed by atoms with E-state index in [-0.39, 0.29) is 5.91 Å². The largest absolute Gasteiger partial charge is 0.378 e. The first-order chi connectivity index (χ1) is 11.7. The van der Waals surface area contributed by atoms with E-state index < -0.39 is 0 Å². The van der Waals surface area contributed by atoms with Crippen LogP contribution in [-0.2, 0) is 9.53 Å². The Morgan fingerprint density at radius 1 is 1.00 bits per heavy atom. The van der Waals surface area contributed by atoms with E-state index in [1.54, 1.807) is 0 Å². The Balaban J connectivity index is 1.41. The molecule has 2 fully saturated rings. The van der Waals surface area contributed by atoms with Crippen molar-refractivity contribution >= 4 is 5.91 Å². The number of carbonyl (C=O) groups is 1. The highest BCUT2D eigenvalue weighted by Crippen LogP contribution is 2.47. The molecule has 24 heavy (non-hydrogen) atoms. The van der Waals surface area contributed by atoms with Crippen LogP contribution >= 0.6 is 0 Å². The second kappa shape index (κ2) is 11.1. The molecule has 140 valence electrons. The van der Waals surface area contributed by atoms with Crippen molar-refractivity contribution in [1.82, 2.24) is 5.32 Å². The van der Waals surface area contributed by atoms with Crippen LogP contribution in [0.5, 0.6) is 0 Å². The first-order valence-corrected chi connectivity index (χ1v) is 10.6. The zero-order valence-corrected chi connectivity index (χ0v) is 16.0. The van der Waals surface area contributed by atoms with Crippen molar-refractivity contribution in [3.63, 3.8) is 0 Å². The molecule has 1 N–H and O–H groups in total. The van der Waals surface area contributed by atoms with Gasteiger partial charge in [-0.15, -0.1) is 0 Å². The molecule has 0 bridgehead atoms. The zero-order chi connectivity index (χ0) is 17.2. The van der Waals surface area contributed by atoms with Gasteiger partial charge >= 0.3 is 0 Å². The Morgan fingerprint density at radius 2 is 1.75 bits per heavy atom. The summed E-state index contributed by atoms with van der Waals surface area (Å²) in [7, 11) is 0. The maximum atomic E-state index is 11.8. The lowest BCUT2D eigenvalue weighted by Gasteiger charge is -2.46. The molecule has 0 aliphatic heterocycles. The highest BCUT2D eigenvalue weighted by molar-refractivity contribution is 5.75. The van der Waals surface area contributed by atoms with E-state index in [1.807, 2.05) is 0 Å². The van der Waals surface area contributed by atoms with Crippen molar-refractivity contribution in [2.75, 3.05) is 13.2 Å². The molecule has 0 aromatic heterocycles. The highest BCUT2D eigenvalue weighted by Gasteiger charge is 2.40. The number of carbonyl (C=O) groups excluding carboxylic acids is 1. The number of nitrogens with one attached hydrogen (secondary N) is 1. The van der Waals surface area contributed by atoms with Gasteiger partial charge in [0.05, 0.1) is 6.10 Å². The number of ether oxygens (including phenoxy) is 1. The predicted molar refractivity (Wildman–Crippen MR) is 100.0 cm³/mol. The quantitative estimate of drug-likeness (QED) is 0.504. The van der Waals surface area contributed by atoms with Crippen molar-refractivity contribution in [3.05, 3.63) is 0 Å². The number of hydrogen-bond donors (Lipinski definition) is 1. The van der Waals surface area contributed by atoms with Crippen molar-refractivity contribution in [2.24, 2.45) is 17.8 Å². The third kappa shape index (κ3) is 6.74. The number of hydrogen-bond acceptors (Lipinski definition) is 2. The average molecular weight is 338 g/mol. The molecule has 2 saturated carbocycles. The maximum absolute atomic E-state index is 11.8. The molecule has 2 aliphatic carbocycles. The van der Waals surface area contributed by atoms with Gasteiger partial charge in [-0.05, 0) is 62.7 Å². The second-order valence-electron chi connectivity index (χ2n) is 8.18. The smallest absolute Gasteiger partial charge is 0.219 e. The molecule has 4 atom stereocenters. The Morgan fingerprint density at radius 3 is 2.50 bits per heavy atom. The van der Waals surface area contributed by atoms with E-state index in [9.17, 15) is 4.79 Å². The Labute approximate surface area is 149 Å². The summed E-state index contributed by atoms with van der Waals surface area (Å²) in [6.07, 6.45) is 14.9. The summed E-state index contributed by atoms with van der Waals surface area (Å²) >= 11 is 0. The van der Waals surface area contributed by atoms with Crippen LogP contribution in [0.3, 0.4) is 0 Å². The molecular weight excluding hydrogens is 298 g/mol. The van der Waals surface area contributed by atoms with Crippen LogP contribution in [0.1, 0.15) is 90.9 Å².